The Balaban J connectivity index is 1.92. The van der Waals surface area contributed by atoms with Crippen LogP contribution < -0.4 is 4.74 Å². The van der Waals surface area contributed by atoms with Gasteiger partial charge in [-0.1, -0.05) is 18.2 Å². The van der Waals surface area contributed by atoms with Crippen molar-refractivity contribution in [2.24, 2.45) is 0 Å². The number of aromatic hydroxyl groups is 1. The molecule has 0 saturated carbocycles. The zero-order chi connectivity index (χ0) is 20.5. The van der Waals surface area contributed by atoms with Crippen molar-refractivity contribution >= 4 is 16.7 Å². The van der Waals surface area contributed by atoms with Gasteiger partial charge in [-0.3, -0.25) is 0 Å². The third kappa shape index (κ3) is 3.62. The number of carboxylic acid groups (broad SMARTS) is 1. The Labute approximate surface area is 166 Å². The summed E-state index contributed by atoms with van der Waals surface area (Å²) in [5.41, 5.74) is 2.64. The van der Waals surface area contributed by atoms with E-state index in [1.807, 2.05) is 13.0 Å². The molecule has 0 heterocycles. The van der Waals surface area contributed by atoms with E-state index in [0.717, 1.165) is 27.5 Å². The molecule has 0 atom stereocenters. The van der Waals surface area contributed by atoms with Crippen LogP contribution in [0.2, 0.25) is 0 Å². The lowest BCUT2D eigenvalue weighted by Crippen LogP contribution is -1.97. The van der Waals surface area contributed by atoms with Gasteiger partial charge in [0, 0.05) is 10.9 Å². The van der Waals surface area contributed by atoms with Gasteiger partial charge in [-0.15, -0.1) is 0 Å². The molecule has 0 aliphatic rings. The Morgan fingerprint density at radius 1 is 0.931 bits per heavy atom. The van der Waals surface area contributed by atoms with Crippen molar-refractivity contribution in [2.45, 2.75) is 6.92 Å². The van der Waals surface area contributed by atoms with Crippen LogP contribution in [0.3, 0.4) is 0 Å². The number of phenols is 1. The second kappa shape index (κ2) is 7.28. The van der Waals surface area contributed by atoms with Gasteiger partial charge in [-0.2, -0.15) is 0 Å². The summed E-state index contributed by atoms with van der Waals surface area (Å²) < 4.78 is 19.6. The first-order valence-electron chi connectivity index (χ1n) is 8.96. The van der Waals surface area contributed by atoms with Crippen molar-refractivity contribution < 1.29 is 24.1 Å². The third-order valence-corrected chi connectivity index (χ3v) is 4.73. The van der Waals surface area contributed by atoms with Gasteiger partial charge >= 0.3 is 5.97 Å². The molecule has 0 radical (unpaired) electrons. The number of carbonyl (C=O) groups is 1. The fourth-order valence-electron chi connectivity index (χ4n) is 3.36. The van der Waals surface area contributed by atoms with Gasteiger partial charge in [-0.05, 0) is 78.0 Å². The Hall–Kier alpha value is -3.86. The molecule has 144 valence electrons. The van der Waals surface area contributed by atoms with Gasteiger partial charge in [0.25, 0.3) is 0 Å². The number of rotatable bonds is 4. The molecule has 2 N–H and O–H groups in total. The van der Waals surface area contributed by atoms with Crippen LogP contribution in [0.5, 0.6) is 17.2 Å². The number of fused-ring (bicyclic) bond motifs is 1. The number of benzene rings is 4. The van der Waals surface area contributed by atoms with Crippen LogP contribution in [-0.2, 0) is 0 Å². The molecule has 4 rings (SSSR count). The maximum Gasteiger partial charge on any atom is 0.335 e. The SMILES string of the molecule is Cc1cc2cc(O)ccc2c(Oc2ccc(C(=O)O)cc2)c1-c1ccc(F)cc1. The van der Waals surface area contributed by atoms with Crippen molar-refractivity contribution in [1.82, 2.24) is 0 Å². The van der Waals surface area contributed by atoms with Crippen molar-refractivity contribution in [3.63, 3.8) is 0 Å². The largest absolute Gasteiger partial charge is 0.508 e. The van der Waals surface area contributed by atoms with Gasteiger partial charge in [-0.25, -0.2) is 9.18 Å². The quantitative estimate of drug-likeness (QED) is 0.440. The zero-order valence-corrected chi connectivity index (χ0v) is 15.5. The number of hydrogen-bond donors (Lipinski definition) is 2. The van der Waals surface area contributed by atoms with Gasteiger partial charge in [0.2, 0.25) is 0 Å². The minimum atomic E-state index is -1.01. The smallest absolute Gasteiger partial charge is 0.335 e. The molecule has 0 unspecified atom stereocenters. The topological polar surface area (TPSA) is 66.8 Å². The zero-order valence-electron chi connectivity index (χ0n) is 15.5. The van der Waals surface area contributed by atoms with Crippen LogP contribution >= 0.6 is 0 Å². The fourth-order valence-corrected chi connectivity index (χ4v) is 3.36. The molecule has 5 heteroatoms. The monoisotopic (exact) mass is 388 g/mol. The summed E-state index contributed by atoms with van der Waals surface area (Å²) in [6, 6.07) is 19.2. The van der Waals surface area contributed by atoms with E-state index in [2.05, 4.69) is 0 Å². The average molecular weight is 388 g/mol. The molecule has 4 nitrogen and oxygen atoms in total. The molecular formula is C24H17FO4. The first kappa shape index (κ1) is 18.5. The van der Waals surface area contributed by atoms with E-state index < -0.39 is 5.97 Å². The number of hydrogen-bond acceptors (Lipinski definition) is 3. The van der Waals surface area contributed by atoms with Crippen LogP contribution in [0, 0.1) is 12.7 Å². The highest BCUT2D eigenvalue weighted by Gasteiger charge is 2.16. The predicted octanol–water partition coefficient (Wildman–Crippen LogP) is 6.15. The minimum absolute atomic E-state index is 0.142. The van der Waals surface area contributed by atoms with Gasteiger partial charge in [0.15, 0.2) is 0 Å². The van der Waals surface area contributed by atoms with Gasteiger partial charge in [0.1, 0.15) is 23.1 Å². The minimum Gasteiger partial charge on any atom is -0.508 e. The van der Waals surface area contributed by atoms with E-state index in [4.69, 9.17) is 9.84 Å². The lowest BCUT2D eigenvalue weighted by atomic mass is 9.94. The van der Waals surface area contributed by atoms with E-state index in [0.29, 0.717) is 11.5 Å². The molecule has 29 heavy (non-hydrogen) atoms. The number of aryl methyl sites for hydroxylation is 1. The van der Waals surface area contributed by atoms with Crippen LogP contribution in [0.4, 0.5) is 4.39 Å². The fraction of sp³-hybridized carbons (Fsp3) is 0.0417. The molecule has 0 aromatic heterocycles. The number of ether oxygens (including phenoxy) is 1. The van der Waals surface area contributed by atoms with Gasteiger partial charge < -0.3 is 14.9 Å². The van der Waals surface area contributed by atoms with Crippen molar-refractivity contribution in [1.29, 1.82) is 0 Å². The molecule has 0 saturated heterocycles. The Bertz CT molecular complexity index is 1210. The van der Waals surface area contributed by atoms with Gasteiger partial charge in [0.05, 0.1) is 5.56 Å². The lowest BCUT2D eigenvalue weighted by molar-refractivity contribution is 0.0697. The first-order chi connectivity index (χ1) is 13.9. The average Bonchev–Trinajstić information content (AvgIpc) is 2.69. The summed E-state index contributed by atoms with van der Waals surface area (Å²) in [6.07, 6.45) is 0. The van der Waals surface area contributed by atoms with Crippen LogP contribution in [0.1, 0.15) is 15.9 Å². The molecule has 0 spiro atoms. The summed E-state index contributed by atoms with van der Waals surface area (Å²) in [5.74, 6) is -0.180. The Kier molecular flexibility index (Phi) is 4.64. The number of carboxylic acids is 1. The lowest BCUT2D eigenvalue weighted by Gasteiger charge is -2.17. The second-order valence-electron chi connectivity index (χ2n) is 6.74. The second-order valence-corrected chi connectivity index (χ2v) is 6.74. The van der Waals surface area contributed by atoms with Crippen molar-refractivity contribution in [2.75, 3.05) is 0 Å². The third-order valence-electron chi connectivity index (χ3n) is 4.73. The molecule has 0 fully saturated rings. The summed E-state index contributed by atoms with van der Waals surface area (Å²) in [7, 11) is 0. The van der Waals surface area contributed by atoms with E-state index >= 15 is 0 Å². The highest BCUT2D eigenvalue weighted by Crippen LogP contribution is 2.42. The Morgan fingerprint density at radius 3 is 2.28 bits per heavy atom. The molecule has 4 aromatic rings. The standard InChI is InChI=1S/C24H17FO4/c1-14-12-17-13-19(26)8-11-21(17)23(22(14)15-2-6-18(25)7-3-15)29-20-9-4-16(5-10-20)24(27)28/h2-13,26H,1H3,(H,27,28). The summed E-state index contributed by atoms with van der Waals surface area (Å²) in [4.78, 5) is 11.1. The molecule has 0 bridgehead atoms. The van der Waals surface area contributed by atoms with Crippen LogP contribution in [0.25, 0.3) is 21.9 Å². The van der Waals surface area contributed by atoms with Crippen LogP contribution in [-0.4, -0.2) is 16.2 Å². The van der Waals surface area contributed by atoms with Crippen molar-refractivity contribution in [3.8, 4) is 28.4 Å². The van der Waals surface area contributed by atoms with Crippen LogP contribution in [0.15, 0.2) is 72.8 Å². The summed E-state index contributed by atoms with van der Waals surface area (Å²) in [5, 5.41) is 20.5. The maximum atomic E-state index is 13.4. The van der Waals surface area contributed by atoms with E-state index in [-0.39, 0.29) is 17.1 Å². The molecule has 0 aliphatic carbocycles. The predicted molar refractivity (Wildman–Crippen MR) is 109 cm³/mol. The van der Waals surface area contributed by atoms with Crippen molar-refractivity contribution in [3.05, 3.63) is 89.7 Å². The normalized spacial score (nSPS) is 10.8. The number of aromatic carboxylic acids is 1. The van der Waals surface area contributed by atoms with E-state index in [1.165, 1.54) is 24.3 Å². The molecule has 0 amide bonds. The highest BCUT2D eigenvalue weighted by atomic mass is 19.1. The number of halogens is 1. The Morgan fingerprint density at radius 2 is 1.62 bits per heavy atom. The molecule has 0 aliphatic heterocycles. The van der Waals surface area contributed by atoms with E-state index in [1.54, 1.807) is 42.5 Å². The maximum absolute atomic E-state index is 13.4. The number of phenolic OH excluding ortho intramolecular Hbond substituents is 1. The highest BCUT2D eigenvalue weighted by molar-refractivity contribution is 5.97. The molecule has 4 aromatic carbocycles. The first-order valence-corrected chi connectivity index (χ1v) is 8.96. The summed E-state index contributed by atoms with van der Waals surface area (Å²) >= 11 is 0. The summed E-state index contributed by atoms with van der Waals surface area (Å²) in [6.45, 7) is 1.92. The molecular weight excluding hydrogens is 371 g/mol. The van der Waals surface area contributed by atoms with E-state index in [9.17, 15) is 14.3 Å².